The largest absolute Gasteiger partial charge is 0.376 e. The van der Waals surface area contributed by atoms with Crippen molar-refractivity contribution in [2.75, 3.05) is 20.0 Å². The summed E-state index contributed by atoms with van der Waals surface area (Å²) < 4.78 is 20.8. The zero-order valence-electron chi connectivity index (χ0n) is 41.3. The van der Waals surface area contributed by atoms with Crippen molar-refractivity contribution in [2.45, 2.75) is 245 Å². The van der Waals surface area contributed by atoms with Crippen molar-refractivity contribution < 1.29 is 18.9 Å². The maximum Gasteiger partial charge on any atom is 0.147 e. The van der Waals surface area contributed by atoms with Crippen LogP contribution in [0.25, 0.3) is 0 Å². The van der Waals surface area contributed by atoms with Crippen LogP contribution in [0.2, 0.25) is 0 Å². The van der Waals surface area contributed by atoms with E-state index in [1.807, 2.05) is 60.9 Å². The summed E-state index contributed by atoms with van der Waals surface area (Å²) in [6.45, 7) is 52.1. The molecule has 0 fully saturated rings. The van der Waals surface area contributed by atoms with Crippen molar-refractivity contribution in [2.24, 2.45) is 26.8 Å². The van der Waals surface area contributed by atoms with E-state index in [0.29, 0.717) is 67.7 Å². The van der Waals surface area contributed by atoms with Crippen LogP contribution in [0, 0.1) is 11.8 Å². The molecule has 10 heteroatoms. The van der Waals surface area contributed by atoms with Gasteiger partial charge in [0.2, 0.25) is 0 Å². The minimum atomic E-state index is 0.267. The number of aliphatic imine (C=N–C) groups is 3. The highest BCUT2D eigenvalue weighted by Gasteiger charge is 1.97. The molecular weight excluding hydrogens is 707 g/mol. The van der Waals surface area contributed by atoms with Gasteiger partial charge in [-0.1, -0.05) is 60.8 Å². The lowest BCUT2D eigenvalue weighted by molar-refractivity contribution is -0.0994. The minimum Gasteiger partial charge on any atom is -0.376 e. The fourth-order valence-electron chi connectivity index (χ4n) is 2.77. The van der Waals surface area contributed by atoms with Crippen LogP contribution in [0.5, 0.6) is 0 Å². The topological polar surface area (TPSA) is 98.1 Å². The fourth-order valence-corrected chi connectivity index (χ4v) is 3.33. The van der Waals surface area contributed by atoms with Crippen molar-refractivity contribution in [3.05, 3.63) is 0 Å². The first kappa shape index (κ1) is 65.6. The van der Waals surface area contributed by atoms with Gasteiger partial charge in [0, 0.05) is 35.5 Å². The number of hydrogen-bond acceptors (Lipinski definition) is 8. The van der Waals surface area contributed by atoms with Gasteiger partial charge in [-0.05, 0) is 136 Å². The molecule has 0 rings (SSSR count). The third kappa shape index (κ3) is 106. The van der Waals surface area contributed by atoms with Crippen LogP contribution in [0.1, 0.15) is 185 Å². The van der Waals surface area contributed by atoms with Crippen molar-refractivity contribution in [1.82, 2.24) is 10.6 Å². The van der Waals surface area contributed by atoms with Crippen molar-refractivity contribution in [1.29, 1.82) is 0 Å². The summed E-state index contributed by atoms with van der Waals surface area (Å²) in [6, 6.07) is 2.23. The van der Waals surface area contributed by atoms with E-state index >= 15 is 0 Å². The molecule has 9 nitrogen and oxygen atoms in total. The molecule has 0 aromatic rings. The molecule has 0 saturated carbocycles. The summed E-state index contributed by atoms with van der Waals surface area (Å²) in [5.74, 6) is 1.78. The molecule has 0 spiro atoms. The molecule has 0 aliphatic heterocycles. The average Bonchev–Trinajstić information content (AvgIpc) is 2.99. The second kappa shape index (κ2) is 48.9. The van der Waals surface area contributed by atoms with Crippen LogP contribution in [-0.2, 0) is 18.9 Å². The number of rotatable bonds is 22. The highest BCUT2D eigenvalue weighted by molar-refractivity contribution is 8.12. The quantitative estimate of drug-likeness (QED) is 0.0486. The summed E-state index contributed by atoms with van der Waals surface area (Å²) in [6.07, 6.45) is 8.93. The predicted octanol–water partition coefficient (Wildman–Crippen LogP) is 12.5. The molecule has 0 aromatic heterocycles. The number of ether oxygens (including phenoxy) is 4. The zero-order valence-corrected chi connectivity index (χ0v) is 42.1. The van der Waals surface area contributed by atoms with E-state index in [9.17, 15) is 0 Å². The molecule has 0 heterocycles. The van der Waals surface area contributed by atoms with Crippen molar-refractivity contribution in [3.8, 4) is 0 Å². The van der Waals surface area contributed by atoms with Crippen LogP contribution in [0.15, 0.2) is 15.0 Å². The standard InChI is InChI=1S/C9H20.C8H18O2.2C7H16N2.C7H15NS.C7H16O2/c1-8(2)6-5-7-9(3)4;1-7(2)9-5-6-10-8(3)4;4*1-6(2)8-5-9-7(3)4/h8-9H,5-7H2,1-4H3;7-8H,5-6H2,1-4H3;2*5-7H,1-4H3,(H,8,9);5-7H,1-4H3;6-7H,5H2,1-4H3. The SMILES string of the molecule is CC(C)CCCC(C)C.CC(C)N=CNC(C)C.CC(C)N=CNC(C)C.CC(C)N=CSC(C)C.CC(C)OCCOC(C)C.CC(C)OCOC(C)C. The molecular formula is C45H101N5O4S. The Labute approximate surface area is 350 Å². The Morgan fingerprint density at radius 2 is 0.745 bits per heavy atom. The number of hydrogen-bond donors (Lipinski definition) is 2. The Bertz CT molecular complexity index is 682. The summed E-state index contributed by atoms with van der Waals surface area (Å²) >= 11 is 1.77. The molecule has 0 aromatic carbocycles. The first-order valence-electron chi connectivity index (χ1n) is 21.4. The van der Waals surface area contributed by atoms with Gasteiger partial charge in [-0.2, -0.15) is 0 Å². The fraction of sp³-hybridized carbons (Fsp3) is 0.933. The van der Waals surface area contributed by atoms with Gasteiger partial charge in [0.15, 0.2) is 0 Å². The van der Waals surface area contributed by atoms with E-state index in [4.69, 9.17) is 18.9 Å². The zero-order chi connectivity index (χ0) is 44.4. The Morgan fingerprint density at radius 3 is 0.964 bits per heavy atom. The lowest BCUT2D eigenvalue weighted by atomic mass is 10.0. The summed E-state index contributed by atoms with van der Waals surface area (Å²) in [5, 5.41) is 6.83. The maximum absolute atomic E-state index is 5.27. The molecule has 0 radical (unpaired) electrons. The number of thioether (sulfide) groups is 1. The molecule has 2 N–H and O–H groups in total. The predicted molar refractivity (Wildman–Crippen MR) is 253 cm³/mol. The Kier molecular flexibility index (Phi) is 58.4. The third-order valence-electron chi connectivity index (χ3n) is 5.60. The summed E-state index contributed by atoms with van der Waals surface area (Å²) in [4.78, 5) is 12.5. The lowest BCUT2D eigenvalue weighted by Gasteiger charge is -2.09. The van der Waals surface area contributed by atoms with E-state index in [0.717, 1.165) is 11.8 Å². The van der Waals surface area contributed by atoms with Crippen LogP contribution in [0.3, 0.4) is 0 Å². The molecule has 0 aliphatic carbocycles. The first-order chi connectivity index (χ1) is 25.3. The molecule has 0 amide bonds. The molecule has 55 heavy (non-hydrogen) atoms. The van der Waals surface area contributed by atoms with Crippen molar-refractivity contribution in [3.63, 3.8) is 0 Å². The van der Waals surface area contributed by atoms with Crippen LogP contribution >= 0.6 is 11.8 Å². The van der Waals surface area contributed by atoms with Crippen molar-refractivity contribution >= 4 is 30.0 Å². The highest BCUT2D eigenvalue weighted by Crippen LogP contribution is 2.11. The van der Waals surface area contributed by atoms with E-state index in [1.54, 1.807) is 24.4 Å². The van der Waals surface area contributed by atoms with Gasteiger partial charge in [0.25, 0.3) is 0 Å². The Balaban J connectivity index is -0.000000131. The van der Waals surface area contributed by atoms with Gasteiger partial charge < -0.3 is 29.6 Å². The van der Waals surface area contributed by atoms with Crippen LogP contribution < -0.4 is 10.6 Å². The van der Waals surface area contributed by atoms with Gasteiger partial charge in [0.05, 0.1) is 55.9 Å². The minimum absolute atomic E-state index is 0.267. The average molecular weight is 808 g/mol. The second-order valence-corrected chi connectivity index (χ2v) is 18.5. The summed E-state index contributed by atoms with van der Waals surface area (Å²) in [5.41, 5.74) is 1.94. The number of nitrogens with zero attached hydrogens (tertiary/aromatic N) is 3. The monoisotopic (exact) mass is 808 g/mol. The maximum atomic E-state index is 5.27. The van der Waals surface area contributed by atoms with Gasteiger partial charge in [-0.25, -0.2) is 0 Å². The first-order valence-corrected chi connectivity index (χ1v) is 22.4. The lowest BCUT2D eigenvalue weighted by Crippen LogP contribution is -2.20. The van der Waals surface area contributed by atoms with Gasteiger partial charge in [0.1, 0.15) is 6.79 Å². The van der Waals surface area contributed by atoms with E-state index in [2.05, 4.69) is 136 Å². The smallest absolute Gasteiger partial charge is 0.147 e. The molecule has 0 bridgehead atoms. The normalized spacial score (nSPS) is 11.6. The van der Waals surface area contributed by atoms with Gasteiger partial charge in [-0.3, -0.25) is 15.0 Å². The molecule has 0 atom stereocenters. The van der Waals surface area contributed by atoms with E-state index in [1.165, 1.54) is 19.3 Å². The van der Waals surface area contributed by atoms with E-state index < -0.39 is 0 Å². The highest BCUT2D eigenvalue weighted by atomic mass is 32.2. The molecule has 0 saturated heterocycles. The summed E-state index contributed by atoms with van der Waals surface area (Å²) in [7, 11) is 0. The van der Waals surface area contributed by atoms with E-state index in [-0.39, 0.29) is 12.2 Å². The van der Waals surface area contributed by atoms with Crippen LogP contribution in [-0.4, -0.2) is 98.1 Å². The molecule has 0 aliphatic rings. The molecule has 0 unspecified atom stereocenters. The molecule has 336 valence electrons. The number of nitrogens with one attached hydrogen (secondary N) is 2. The second-order valence-electron chi connectivity index (χ2n) is 17.0. The third-order valence-corrected chi connectivity index (χ3v) is 6.39. The Hall–Kier alpha value is -1.20. The van der Waals surface area contributed by atoms with Gasteiger partial charge >= 0.3 is 0 Å². The van der Waals surface area contributed by atoms with Gasteiger partial charge in [-0.15, -0.1) is 11.8 Å². The van der Waals surface area contributed by atoms with Crippen LogP contribution in [0.4, 0.5) is 0 Å². The Morgan fingerprint density at radius 1 is 0.436 bits per heavy atom.